The maximum atomic E-state index is 12.0. The zero-order valence-corrected chi connectivity index (χ0v) is 11.6. The molecule has 2 aromatic heterocycles. The molecule has 2 heterocycles. The van der Waals surface area contributed by atoms with Crippen molar-refractivity contribution in [3.05, 3.63) is 36.1 Å². The Kier molecular flexibility index (Phi) is 3.60. The second-order valence-electron chi connectivity index (χ2n) is 4.74. The Morgan fingerprint density at radius 1 is 1.35 bits per heavy atom. The minimum Gasteiger partial charge on any atom is -0.447 e. The lowest BCUT2D eigenvalue weighted by molar-refractivity contribution is 0.399. The van der Waals surface area contributed by atoms with E-state index in [2.05, 4.69) is 20.0 Å². The summed E-state index contributed by atoms with van der Waals surface area (Å²) in [6.07, 6.45) is 5.56. The molecule has 0 spiro atoms. The smallest absolute Gasteiger partial charge is 0.274 e. The number of aromatic amines is 1. The average Bonchev–Trinajstić information content (AvgIpc) is 2.94. The fourth-order valence-corrected chi connectivity index (χ4v) is 2.69. The molecule has 0 atom stereocenters. The lowest BCUT2D eigenvalue weighted by atomic mass is 10.4. The number of imidazole rings is 1. The summed E-state index contributed by atoms with van der Waals surface area (Å²) in [5.74, 6) is 1.17. The number of hydrogen-bond donors (Lipinski definition) is 3. The van der Waals surface area contributed by atoms with Crippen LogP contribution in [0.25, 0.3) is 0 Å². The van der Waals surface area contributed by atoms with Crippen molar-refractivity contribution in [3.63, 3.8) is 0 Å². The van der Waals surface area contributed by atoms with Crippen molar-refractivity contribution in [1.29, 1.82) is 0 Å². The van der Waals surface area contributed by atoms with Crippen LogP contribution in [-0.4, -0.2) is 24.4 Å². The summed E-state index contributed by atoms with van der Waals surface area (Å²) in [7, 11) is -3.64. The molecule has 0 saturated heterocycles. The third-order valence-corrected chi connectivity index (χ3v) is 4.30. The first-order chi connectivity index (χ1) is 9.63. The van der Waals surface area contributed by atoms with Gasteiger partial charge in [0.15, 0.2) is 0 Å². The van der Waals surface area contributed by atoms with Gasteiger partial charge in [0.2, 0.25) is 5.09 Å². The molecule has 108 valence electrons. The Balaban J connectivity index is 1.61. The average molecular weight is 296 g/mol. The Hall–Kier alpha value is -1.64. The van der Waals surface area contributed by atoms with Gasteiger partial charge in [-0.2, -0.15) is 0 Å². The van der Waals surface area contributed by atoms with Crippen molar-refractivity contribution in [2.24, 2.45) is 0 Å². The Labute approximate surface area is 116 Å². The zero-order chi connectivity index (χ0) is 14.0. The van der Waals surface area contributed by atoms with Crippen LogP contribution in [0.2, 0.25) is 0 Å². The molecule has 0 aromatic carbocycles. The summed E-state index contributed by atoms with van der Waals surface area (Å²) in [5.41, 5.74) is 0. The number of sulfonamides is 1. The van der Waals surface area contributed by atoms with E-state index in [0.29, 0.717) is 24.2 Å². The van der Waals surface area contributed by atoms with Crippen molar-refractivity contribution in [1.82, 2.24) is 20.0 Å². The van der Waals surface area contributed by atoms with E-state index in [1.54, 1.807) is 18.5 Å². The van der Waals surface area contributed by atoms with Crippen LogP contribution in [0.15, 0.2) is 34.0 Å². The van der Waals surface area contributed by atoms with Gasteiger partial charge in [-0.1, -0.05) is 0 Å². The number of nitrogens with zero attached hydrogens (tertiary/aromatic N) is 1. The molecule has 20 heavy (non-hydrogen) atoms. The maximum Gasteiger partial charge on any atom is 0.274 e. The largest absolute Gasteiger partial charge is 0.447 e. The molecule has 0 radical (unpaired) electrons. The van der Waals surface area contributed by atoms with Crippen LogP contribution in [0.3, 0.4) is 0 Å². The summed E-state index contributed by atoms with van der Waals surface area (Å²) < 4.78 is 31.8. The molecule has 2 aromatic rings. The summed E-state index contributed by atoms with van der Waals surface area (Å²) in [5, 5.41) is 3.20. The molecule has 3 N–H and O–H groups in total. The molecule has 7 nitrogen and oxygen atoms in total. The normalized spacial score (nSPS) is 15.6. The topological polar surface area (TPSA) is 100 Å². The molecular formula is C12H16N4O3S. The van der Waals surface area contributed by atoms with E-state index in [0.717, 1.165) is 0 Å². The highest BCUT2D eigenvalue weighted by Crippen LogP contribution is 2.20. The van der Waals surface area contributed by atoms with E-state index in [4.69, 9.17) is 4.42 Å². The van der Waals surface area contributed by atoms with Crippen LogP contribution < -0.4 is 10.0 Å². The van der Waals surface area contributed by atoms with Gasteiger partial charge in [0.25, 0.3) is 10.0 Å². The van der Waals surface area contributed by atoms with Gasteiger partial charge in [0, 0.05) is 18.4 Å². The molecule has 0 unspecified atom stereocenters. The molecule has 1 aliphatic carbocycles. The van der Waals surface area contributed by atoms with E-state index < -0.39 is 10.0 Å². The van der Waals surface area contributed by atoms with Crippen molar-refractivity contribution < 1.29 is 12.8 Å². The quantitative estimate of drug-likeness (QED) is 0.699. The molecule has 0 aliphatic heterocycles. The lowest BCUT2D eigenvalue weighted by Gasteiger charge is -2.02. The first-order valence-corrected chi connectivity index (χ1v) is 7.92. The van der Waals surface area contributed by atoms with Gasteiger partial charge in [-0.05, 0) is 25.0 Å². The number of hydrogen-bond acceptors (Lipinski definition) is 5. The SMILES string of the molecule is O=S(=O)(NCc1ncc[nH]1)c1ccc(CNC2CC2)o1. The summed E-state index contributed by atoms with van der Waals surface area (Å²) in [6, 6.07) is 3.70. The maximum absolute atomic E-state index is 12.0. The van der Waals surface area contributed by atoms with Crippen molar-refractivity contribution in [2.75, 3.05) is 0 Å². The molecular weight excluding hydrogens is 280 g/mol. The molecule has 1 saturated carbocycles. The van der Waals surface area contributed by atoms with Gasteiger partial charge in [-0.15, -0.1) is 0 Å². The van der Waals surface area contributed by atoms with Gasteiger partial charge in [-0.3, -0.25) is 0 Å². The Morgan fingerprint density at radius 2 is 2.20 bits per heavy atom. The van der Waals surface area contributed by atoms with Crippen molar-refractivity contribution in [3.8, 4) is 0 Å². The third kappa shape index (κ3) is 3.27. The van der Waals surface area contributed by atoms with Gasteiger partial charge in [0.05, 0.1) is 13.1 Å². The fraction of sp³-hybridized carbons (Fsp3) is 0.417. The minimum atomic E-state index is -3.64. The predicted molar refractivity (Wildman–Crippen MR) is 71.2 cm³/mol. The number of rotatable bonds is 7. The molecule has 1 fully saturated rings. The number of nitrogens with one attached hydrogen (secondary N) is 3. The van der Waals surface area contributed by atoms with Gasteiger partial charge >= 0.3 is 0 Å². The number of H-pyrrole nitrogens is 1. The highest BCUT2D eigenvalue weighted by atomic mass is 32.2. The van der Waals surface area contributed by atoms with E-state index >= 15 is 0 Å². The van der Waals surface area contributed by atoms with Crippen molar-refractivity contribution in [2.45, 2.75) is 37.1 Å². The van der Waals surface area contributed by atoms with Crippen LogP contribution >= 0.6 is 0 Å². The van der Waals surface area contributed by atoms with Crippen LogP contribution in [0.1, 0.15) is 24.4 Å². The minimum absolute atomic E-state index is 0.0725. The van der Waals surface area contributed by atoms with Crippen LogP contribution in [0, 0.1) is 0 Å². The van der Waals surface area contributed by atoms with Crippen LogP contribution in [-0.2, 0) is 23.1 Å². The standard InChI is InChI=1S/C12H16N4O3S/c17-20(18,16-8-11-13-5-6-14-11)12-4-3-10(19-12)7-15-9-1-2-9/h3-6,9,15-16H,1-2,7-8H2,(H,13,14). The van der Waals surface area contributed by atoms with Crippen molar-refractivity contribution >= 4 is 10.0 Å². The second-order valence-corrected chi connectivity index (χ2v) is 6.43. The van der Waals surface area contributed by atoms with Gasteiger partial charge in [0.1, 0.15) is 11.6 Å². The highest BCUT2D eigenvalue weighted by molar-refractivity contribution is 7.89. The molecule has 1 aliphatic rings. The second kappa shape index (κ2) is 5.39. The zero-order valence-electron chi connectivity index (χ0n) is 10.8. The summed E-state index contributed by atoms with van der Waals surface area (Å²) >= 11 is 0. The van der Waals surface area contributed by atoms with E-state index in [1.807, 2.05) is 0 Å². The Bertz CT molecular complexity index is 659. The highest BCUT2D eigenvalue weighted by Gasteiger charge is 2.22. The van der Waals surface area contributed by atoms with Gasteiger partial charge < -0.3 is 14.7 Å². The fourth-order valence-electron chi connectivity index (χ4n) is 1.76. The Morgan fingerprint density at radius 3 is 2.90 bits per heavy atom. The third-order valence-electron chi connectivity index (χ3n) is 3.03. The monoisotopic (exact) mass is 296 g/mol. The molecule has 8 heteroatoms. The van der Waals surface area contributed by atoms with E-state index in [9.17, 15) is 8.42 Å². The summed E-state index contributed by atoms with van der Waals surface area (Å²) in [6.45, 7) is 0.657. The van der Waals surface area contributed by atoms with Gasteiger partial charge in [-0.25, -0.2) is 18.1 Å². The van der Waals surface area contributed by atoms with Crippen LogP contribution in [0.5, 0.6) is 0 Å². The first kappa shape index (κ1) is 13.3. The molecule has 0 amide bonds. The lowest BCUT2D eigenvalue weighted by Crippen LogP contribution is -2.23. The van der Waals surface area contributed by atoms with Crippen LogP contribution in [0.4, 0.5) is 0 Å². The molecule has 3 rings (SSSR count). The van der Waals surface area contributed by atoms with E-state index in [-0.39, 0.29) is 11.6 Å². The summed E-state index contributed by atoms with van der Waals surface area (Å²) in [4.78, 5) is 6.78. The number of aromatic nitrogens is 2. The number of furan rings is 1. The van der Waals surface area contributed by atoms with E-state index in [1.165, 1.54) is 18.9 Å². The first-order valence-electron chi connectivity index (χ1n) is 6.43. The predicted octanol–water partition coefficient (Wildman–Crippen LogP) is 0.733. The molecule has 0 bridgehead atoms.